The standard InChI is InChI=1S/C68H73N3O/c1-64(2,3)50-29-24-43(25-30-50)46-28-33-59(55(39-46)45-20-17-16-18-21-45)71-60-23-19-22-54(61(60)70-63(71)56-41-53(67(10,11)12)42-57(62(56)72)68(13,14)15)48-36-49(38-52(37-48)66(7,8)9)58-40-47(34-35-69-58)44-26-31-51(32-27-44)65(4,5)6/h16-42,72H,1-15H3/i26D,27D,31D,32D. The second-order valence-corrected chi connectivity index (χ2v) is 24.8. The summed E-state index contributed by atoms with van der Waals surface area (Å²) in [7, 11) is 0. The van der Waals surface area contributed by atoms with Crippen molar-refractivity contribution in [3.63, 3.8) is 0 Å². The number of imidazole rings is 1. The molecule has 0 atom stereocenters. The summed E-state index contributed by atoms with van der Waals surface area (Å²) >= 11 is 0. The number of aromatic hydroxyl groups is 1. The van der Waals surface area contributed by atoms with Crippen molar-refractivity contribution in [1.29, 1.82) is 0 Å². The van der Waals surface area contributed by atoms with Crippen molar-refractivity contribution in [2.45, 2.75) is 131 Å². The number of phenolic OH excluding ortho intramolecular Hbond substituents is 1. The number of phenols is 1. The van der Waals surface area contributed by atoms with E-state index in [0.29, 0.717) is 28.2 Å². The van der Waals surface area contributed by atoms with Gasteiger partial charge in [-0.1, -0.05) is 213 Å². The van der Waals surface area contributed by atoms with Gasteiger partial charge >= 0.3 is 0 Å². The van der Waals surface area contributed by atoms with Gasteiger partial charge in [0.05, 0.1) is 33.5 Å². The van der Waals surface area contributed by atoms with E-state index in [4.69, 9.17) is 15.5 Å². The highest BCUT2D eigenvalue weighted by atomic mass is 16.3. The predicted octanol–water partition coefficient (Wildman–Crippen LogP) is 18.6. The van der Waals surface area contributed by atoms with Gasteiger partial charge in [0.1, 0.15) is 11.6 Å². The van der Waals surface area contributed by atoms with Crippen LogP contribution in [0, 0.1) is 0 Å². The molecule has 0 aliphatic heterocycles. The SMILES string of the molecule is [2H]c1c([2H])c(C(C)(C)C)c([2H])c([2H])c1-c1ccnc(-c2cc(-c3cccc4c3nc(-c3cc(C(C)(C)C)cc(C(C)(C)C)c3O)n4-c3ccc(-c4ccc(C(C)(C)C)cc4)cc3-c3ccccc3)cc(C(C)(C)C)c2)c1. The topological polar surface area (TPSA) is 50.9 Å². The molecule has 2 heterocycles. The highest BCUT2D eigenvalue weighted by Gasteiger charge is 2.30. The highest BCUT2D eigenvalue weighted by Crippen LogP contribution is 2.46. The summed E-state index contributed by atoms with van der Waals surface area (Å²) in [5.41, 5.74) is 14.8. The molecule has 0 spiro atoms. The maximum Gasteiger partial charge on any atom is 0.149 e. The Bertz CT molecular complexity index is 3670. The van der Waals surface area contributed by atoms with Gasteiger partial charge in [-0.25, -0.2) is 4.98 Å². The third-order valence-electron chi connectivity index (χ3n) is 13.9. The summed E-state index contributed by atoms with van der Waals surface area (Å²) in [6.07, 6.45) is 1.69. The first-order chi connectivity index (χ1) is 35.4. The van der Waals surface area contributed by atoms with Crippen molar-refractivity contribution < 1.29 is 10.6 Å². The van der Waals surface area contributed by atoms with E-state index in [0.717, 1.165) is 72.4 Å². The van der Waals surface area contributed by atoms with Crippen LogP contribution in [0.4, 0.5) is 0 Å². The third-order valence-corrected chi connectivity index (χ3v) is 13.9. The summed E-state index contributed by atoms with van der Waals surface area (Å²) < 4.78 is 38.5. The van der Waals surface area contributed by atoms with Crippen LogP contribution in [0.2, 0.25) is 0 Å². The maximum absolute atomic E-state index is 12.7. The van der Waals surface area contributed by atoms with Gasteiger partial charge in [-0.3, -0.25) is 9.55 Å². The van der Waals surface area contributed by atoms with Crippen LogP contribution in [0.3, 0.4) is 0 Å². The molecule has 0 radical (unpaired) electrons. The lowest BCUT2D eigenvalue weighted by atomic mass is 9.79. The van der Waals surface area contributed by atoms with Gasteiger partial charge in [0.25, 0.3) is 0 Å². The van der Waals surface area contributed by atoms with E-state index in [1.807, 2.05) is 32.9 Å². The molecule has 1 N–H and O–H groups in total. The molecule has 0 amide bonds. The van der Waals surface area contributed by atoms with E-state index in [9.17, 15) is 5.11 Å². The lowest BCUT2D eigenvalue weighted by Gasteiger charge is -2.27. The normalized spacial score (nSPS) is 13.5. The second kappa shape index (κ2) is 18.2. The lowest BCUT2D eigenvalue weighted by Crippen LogP contribution is -2.17. The molecule has 0 aliphatic carbocycles. The van der Waals surface area contributed by atoms with Gasteiger partial charge in [-0.05, 0) is 131 Å². The van der Waals surface area contributed by atoms with Crippen LogP contribution in [0.5, 0.6) is 5.75 Å². The second-order valence-electron chi connectivity index (χ2n) is 24.8. The smallest absolute Gasteiger partial charge is 0.149 e. The average Bonchev–Trinajstić information content (AvgIpc) is 3.75. The van der Waals surface area contributed by atoms with Gasteiger partial charge < -0.3 is 5.11 Å². The van der Waals surface area contributed by atoms with E-state index in [-0.39, 0.29) is 57.1 Å². The number of hydrogen-bond donors (Lipinski definition) is 1. The fourth-order valence-corrected chi connectivity index (χ4v) is 9.43. The molecule has 72 heavy (non-hydrogen) atoms. The van der Waals surface area contributed by atoms with Crippen molar-refractivity contribution in [3.8, 4) is 78.6 Å². The van der Waals surface area contributed by atoms with Crippen molar-refractivity contribution in [2.24, 2.45) is 0 Å². The van der Waals surface area contributed by atoms with Crippen molar-refractivity contribution in [3.05, 3.63) is 192 Å². The summed E-state index contributed by atoms with van der Waals surface area (Å²) in [5.74, 6) is 0.822. The molecule has 4 heteroatoms. The number of hydrogen-bond acceptors (Lipinski definition) is 3. The number of benzene rings is 7. The van der Waals surface area contributed by atoms with Gasteiger partial charge in [0.2, 0.25) is 0 Å². The van der Waals surface area contributed by atoms with E-state index < -0.39 is 5.41 Å². The van der Waals surface area contributed by atoms with Crippen LogP contribution < -0.4 is 0 Å². The summed E-state index contributed by atoms with van der Waals surface area (Å²) in [5, 5.41) is 12.7. The quantitative estimate of drug-likeness (QED) is 0.173. The zero-order valence-corrected chi connectivity index (χ0v) is 45.1. The minimum absolute atomic E-state index is 0.0238. The summed E-state index contributed by atoms with van der Waals surface area (Å²) in [6.45, 7) is 32.1. The van der Waals surface area contributed by atoms with Gasteiger partial charge in [0, 0.05) is 28.5 Å². The number of para-hydroxylation sites is 1. The molecule has 0 bridgehead atoms. The minimum atomic E-state index is -0.578. The Labute approximate surface area is 435 Å². The largest absolute Gasteiger partial charge is 0.507 e. The number of pyridine rings is 1. The first-order valence-electron chi connectivity index (χ1n) is 27.4. The highest BCUT2D eigenvalue weighted by molar-refractivity contribution is 5.98. The van der Waals surface area contributed by atoms with Crippen LogP contribution in [-0.2, 0) is 27.1 Å². The maximum atomic E-state index is 12.7. The monoisotopic (exact) mass is 952 g/mol. The molecule has 0 fully saturated rings. The number of nitrogens with zero attached hydrogens (tertiary/aromatic N) is 3. The summed E-state index contributed by atoms with van der Waals surface area (Å²) in [6, 6.07) is 46.7. The molecular formula is C68H73N3O. The number of aromatic nitrogens is 3. The van der Waals surface area contributed by atoms with Crippen molar-refractivity contribution >= 4 is 11.0 Å². The predicted molar refractivity (Wildman–Crippen MR) is 307 cm³/mol. The van der Waals surface area contributed by atoms with Gasteiger partial charge in [-0.15, -0.1) is 0 Å². The Hall–Kier alpha value is -7.04. The first-order valence-corrected chi connectivity index (χ1v) is 25.4. The van der Waals surface area contributed by atoms with E-state index in [1.165, 1.54) is 5.56 Å². The number of fused-ring (bicyclic) bond motifs is 1. The van der Waals surface area contributed by atoms with Crippen molar-refractivity contribution in [2.75, 3.05) is 0 Å². The Morgan fingerprint density at radius 2 is 1.01 bits per heavy atom. The molecule has 0 aliphatic rings. The molecule has 4 nitrogen and oxygen atoms in total. The molecule has 9 rings (SSSR count). The molecule has 7 aromatic carbocycles. The molecule has 0 saturated carbocycles. The van der Waals surface area contributed by atoms with E-state index in [2.05, 4.69) is 203 Å². The minimum Gasteiger partial charge on any atom is -0.507 e. The Morgan fingerprint density at radius 1 is 0.417 bits per heavy atom. The molecule has 0 saturated heterocycles. The molecule has 9 aromatic rings. The van der Waals surface area contributed by atoms with Gasteiger partial charge in [-0.2, -0.15) is 0 Å². The van der Waals surface area contributed by atoms with Crippen LogP contribution in [0.15, 0.2) is 164 Å². The van der Waals surface area contributed by atoms with Crippen LogP contribution >= 0.6 is 0 Å². The fraction of sp³-hybridized carbons (Fsp3) is 0.294. The van der Waals surface area contributed by atoms with E-state index >= 15 is 0 Å². The number of rotatable bonds is 7. The average molecular weight is 952 g/mol. The molecule has 366 valence electrons. The molecule has 0 unspecified atom stereocenters. The van der Waals surface area contributed by atoms with Crippen LogP contribution in [0.1, 0.15) is 137 Å². The zero-order chi connectivity index (χ0) is 55.2. The van der Waals surface area contributed by atoms with Gasteiger partial charge in [0.15, 0.2) is 0 Å². The molecular weight excluding hydrogens is 875 g/mol. The van der Waals surface area contributed by atoms with Crippen molar-refractivity contribution in [1.82, 2.24) is 14.5 Å². The first kappa shape index (κ1) is 44.9. The Morgan fingerprint density at radius 3 is 1.64 bits per heavy atom. The van der Waals surface area contributed by atoms with Crippen LogP contribution in [0.25, 0.3) is 83.9 Å². The third kappa shape index (κ3) is 9.94. The lowest BCUT2D eigenvalue weighted by molar-refractivity contribution is 0.446. The Balaban J connectivity index is 1.33. The summed E-state index contributed by atoms with van der Waals surface area (Å²) in [4.78, 5) is 10.6. The molecule has 2 aromatic heterocycles. The Kier molecular flexibility index (Phi) is 11.4. The van der Waals surface area contributed by atoms with E-state index in [1.54, 1.807) is 12.3 Å². The van der Waals surface area contributed by atoms with Crippen LogP contribution in [-0.4, -0.2) is 19.6 Å². The zero-order valence-electron chi connectivity index (χ0n) is 49.1. The fourth-order valence-electron chi connectivity index (χ4n) is 9.43.